The molecule has 1 atom stereocenters. The fourth-order valence-corrected chi connectivity index (χ4v) is 1.99. The molecular weight excluding hydrogens is 248 g/mol. The normalized spacial score (nSPS) is 11.9. The first-order valence-electron chi connectivity index (χ1n) is 6.04. The molecule has 100 valence electrons. The van der Waals surface area contributed by atoms with Crippen LogP contribution in [0.1, 0.15) is 30.8 Å². The van der Waals surface area contributed by atoms with Crippen LogP contribution < -0.4 is 10.6 Å². The zero-order chi connectivity index (χ0) is 13.4. The lowest BCUT2D eigenvalue weighted by Gasteiger charge is -2.13. The summed E-state index contributed by atoms with van der Waals surface area (Å²) in [6.45, 7) is 4.57. The lowest BCUT2D eigenvalue weighted by molar-refractivity contribution is 0.0950. The molecule has 1 heterocycles. The van der Waals surface area contributed by atoms with Crippen LogP contribution in [0.4, 0.5) is 5.82 Å². The van der Waals surface area contributed by atoms with E-state index in [0.29, 0.717) is 24.1 Å². The standard InChI is InChI=1S/C12H20N4OS/c1-4-13-12(17)10-5-6-11(16-15-10)14-9(2)7-8-18-3/h5-6,9H,4,7-8H2,1-3H3,(H,13,17)(H,14,16). The maximum Gasteiger partial charge on any atom is 0.271 e. The minimum Gasteiger partial charge on any atom is -0.366 e. The van der Waals surface area contributed by atoms with Crippen LogP contribution in [0.15, 0.2) is 12.1 Å². The van der Waals surface area contributed by atoms with Crippen molar-refractivity contribution in [2.45, 2.75) is 26.3 Å². The molecule has 0 radical (unpaired) electrons. The summed E-state index contributed by atoms with van der Waals surface area (Å²) in [5.41, 5.74) is 0.346. The fraction of sp³-hybridized carbons (Fsp3) is 0.583. The van der Waals surface area contributed by atoms with Crippen molar-refractivity contribution in [1.29, 1.82) is 0 Å². The number of aromatic nitrogens is 2. The van der Waals surface area contributed by atoms with Gasteiger partial charge in [0.1, 0.15) is 5.82 Å². The summed E-state index contributed by atoms with van der Waals surface area (Å²) in [4.78, 5) is 11.5. The van der Waals surface area contributed by atoms with Crippen LogP contribution in [0.25, 0.3) is 0 Å². The number of carbonyl (C=O) groups is 1. The SMILES string of the molecule is CCNC(=O)c1ccc(NC(C)CCSC)nn1. The Bertz CT molecular complexity index is 369. The van der Waals surface area contributed by atoms with Crippen molar-refractivity contribution in [3.05, 3.63) is 17.8 Å². The largest absolute Gasteiger partial charge is 0.366 e. The summed E-state index contributed by atoms with van der Waals surface area (Å²) in [5, 5.41) is 13.8. The second-order valence-electron chi connectivity index (χ2n) is 3.99. The number of nitrogens with one attached hydrogen (secondary N) is 2. The van der Waals surface area contributed by atoms with Crippen LogP contribution in [0.5, 0.6) is 0 Å². The highest BCUT2D eigenvalue weighted by Crippen LogP contribution is 2.07. The molecule has 0 aliphatic rings. The average molecular weight is 268 g/mol. The van der Waals surface area contributed by atoms with Gasteiger partial charge in [0.05, 0.1) is 0 Å². The minimum atomic E-state index is -0.188. The molecule has 18 heavy (non-hydrogen) atoms. The Morgan fingerprint density at radius 2 is 2.22 bits per heavy atom. The van der Waals surface area contributed by atoms with Crippen molar-refractivity contribution >= 4 is 23.5 Å². The van der Waals surface area contributed by atoms with Crippen LogP contribution in [0, 0.1) is 0 Å². The van der Waals surface area contributed by atoms with E-state index in [1.165, 1.54) is 0 Å². The van der Waals surface area contributed by atoms with E-state index in [-0.39, 0.29) is 5.91 Å². The molecule has 0 bridgehead atoms. The van der Waals surface area contributed by atoms with Gasteiger partial charge in [0.2, 0.25) is 0 Å². The molecule has 0 aromatic carbocycles. The monoisotopic (exact) mass is 268 g/mol. The summed E-state index contributed by atoms with van der Waals surface area (Å²) >= 11 is 1.82. The van der Waals surface area contributed by atoms with Gasteiger partial charge in [-0.15, -0.1) is 10.2 Å². The van der Waals surface area contributed by atoms with E-state index < -0.39 is 0 Å². The van der Waals surface area contributed by atoms with Crippen molar-refractivity contribution in [3.8, 4) is 0 Å². The molecule has 1 amide bonds. The van der Waals surface area contributed by atoms with Gasteiger partial charge in [-0.3, -0.25) is 4.79 Å². The summed E-state index contributed by atoms with van der Waals surface area (Å²) in [7, 11) is 0. The molecule has 2 N–H and O–H groups in total. The zero-order valence-corrected chi connectivity index (χ0v) is 11.9. The molecule has 6 heteroatoms. The Hall–Kier alpha value is -1.30. The Labute approximate surface area is 112 Å². The molecule has 1 aromatic rings. The molecular formula is C12H20N4OS. The molecule has 1 unspecified atom stereocenters. The van der Waals surface area contributed by atoms with E-state index in [1.54, 1.807) is 12.1 Å². The first-order chi connectivity index (χ1) is 8.67. The molecule has 5 nitrogen and oxygen atoms in total. The van der Waals surface area contributed by atoms with Gasteiger partial charge >= 0.3 is 0 Å². The van der Waals surface area contributed by atoms with Crippen LogP contribution in [-0.4, -0.2) is 40.7 Å². The summed E-state index contributed by atoms with van der Waals surface area (Å²) in [5.74, 6) is 1.63. The van der Waals surface area contributed by atoms with Gasteiger partial charge in [0, 0.05) is 12.6 Å². The Morgan fingerprint density at radius 1 is 1.44 bits per heavy atom. The highest BCUT2D eigenvalue weighted by molar-refractivity contribution is 7.98. The van der Waals surface area contributed by atoms with Gasteiger partial charge in [0.25, 0.3) is 5.91 Å². The second kappa shape index (κ2) is 7.92. The van der Waals surface area contributed by atoms with Crippen LogP contribution >= 0.6 is 11.8 Å². The maximum absolute atomic E-state index is 11.5. The summed E-state index contributed by atoms with van der Waals surface area (Å²) < 4.78 is 0. The van der Waals surface area contributed by atoms with Crippen molar-refractivity contribution in [2.75, 3.05) is 23.9 Å². The van der Waals surface area contributed by atoms with Gasteiger partial charge in [0.15, 0.2) is 5.69 Å². The van der Waals surface area contributed by atoms with Gasteiger partial charge < -0.3 is 10.6 Å². The number of hydrogen-bond donors (Lipinski definition) is 2. The maximum atomic E-state index is 11.5. The summed E-state index contributed by atoms with van der Waals surface area (Å²) in [6, 6.07) is 3.82. The first-order valence-corrected chi connectivity index (χ1v) is 7.44. The van der Waals surface area contributed by atoms with Crippen LogP contribution in [0.3, 0.4) is 0 Å². The van der Waals surface area contributed by atoms with E-state index in [1.807, 2.05) is 18.7 Å². The lowest BCUT2D eigenvalue weighted by atomic mass is 10.2. The van der Waals surface area contributed by atoms with Crippen LogP contribution in [-0.2, 0) is 0 Å². The molecule has 0 fully saturated rings. The molecule has 0 spiro atoms. The molecule has 0 saturated carbocycles. The van der Waals surface area contributed by atoms with Crippen LogP contribution in [0.2, 0.25) is 0 Å². The van der Waals surface area contributed by atoms with E-state index in [4.69, 9.17) is 0 Å². The summed E-state index contributed by atoms with van der Waals surface area (Å²) in [6.07, 6.45) is 3.16. The zero-order valence-electron chi connectivity index (χ0n) is 11.1. The number of hydrogen-bond acceptors (Lipinski definition) is 5. The second-order valence-corrected chi connectivity index (χ2v) is 4.98. The Balaban J connectivity index is 2.52. The highest BCUT2D eigenvalue weighted by atomic mass is 32.2. The molecule has 0 saturated heterocycles. The van der Waals surface area contributed by atoms with Crippen molar-refractivity contribution in [3.63, 3.8) is 0 Å². The van der Waals surface area contributed by atoms with Crippen molar-refractivity contribution in [1.82, 2.24) is 15.5 Å². The topological polar surface area (TPSA) is 66.9 Å². The Morgan fingerprint density at radius 3 is 2.78 bits per heavy atom. The minimum absolute atomic E-state index is 0.188. The Kier molecular flexibility index (Phi) is 6.49. The molecule has 1 aromatic heterocycles. The lowest BCUT2D eigenvalue weighted by Crippen LogP contribution is -2.24. The van der Waals surface area contributed by atoms with Crippen molar-refractivity contribution < 1.29 is 4.79 Å². The van der Waals surface area contributed by atoms with E-state index in [0.717, 1.165) is 12.2 Å². The van der Waals surface area contributed by atoms with Crippen molar-refractivity contribution in [2.24, 2.45) is 0 Å². The number of amides is 1. The number of carbonyl (C=O) groups excluding carboxylic acids is 1. The third-order valence-corrected chi connectivity index (χ3v) is 3.03. The average Bonchev–Trinajstić information content (AvgIpc) is 2.37. The predicted octanol–water partition coefficient (Wildman–Crippen LogP) is 1.78. The van der Waals surface area contributed by atoms with Gasteiger partial charge in [-0.2, -0.15) is 11.8 Å². The van der Waals surface area contributed by atoms with Gasteiger partial charge in [-0.25, -0.2) is 0 Å². The smallest absolute Gasteiger partial charge is 0.271 e. The number of anilines is 1. The first kappa shape index (κ1) is 14.8. The third kappa shape index (κ3) is 4.91. The number of thioether (sulfide) groups is 1. The number of rotatable bonds is 7. The third-order valence-electron chi connectivity index (χ3n) is 2.38. The number of nitrogens with zero attached hydrogens (tertiary/aromatic N) is 2. The van der Waals surface area contributed by atoms with E-state index in [2.05, 4.69) is 34.0 Å². The quantitative estimate of drug-likeness (QED) is 0.789. The molecule has 0 aliphatic heterocycles. The molecule has 0 aliphatic carbocycles. The highest BCUT2D eigenvalue weighted by Gasteiger charge is 2.07. The van der Waals surface area contributed by atoms with Gasteiger partial charge in [-0.1, -0.05) is 0 Å². The molecule has 1 rings (SSSR count). The van der Waals surface area contributed by atoms with Gasteiger partial charge in [-0.05, 0) is 44.4 Å². The van der Waals surface area contributed by atoms with E-state index >= 15 is 0 Å². The predicted molar refractivity (Wildman–Crippen MR) is 76.1 cm³/mol. The fourth-order valence-electron chi connectivity index (χ4n) is 1.40. The van der Waals surface area contributed by atoms with E-state index in [9.17, 15) is 4.79 Å².